The second-order valence-electron chi connectivity index (χ2n) is 6.84. The molecule has 0 saturated heterocycles. The van der Waals surface area contributed by atoms with Crippen molar-refractivity contribution in [3.05, 3.63) is 89.4 Å². The van der Waals surface area contributed by atoms with Crippen LogP contribution in [0.3, 0.4) is 0 Å². The first kappa shape index (κ1) is 16.5. The number of furan rings is 1. The maximum absolute atomic E-state index is 10.6. The predicted molar refractivity (Wildman–Crippen MR) is 105 cm³/mol. The van der Waals surface area contributed by atoms with Gasteiger partial charge in [0.2, 0.25) is 0 Å². The smallest absolute Gasteiger partial charge is 0.123 e. The zero-order valence-electron chi connectivity index (χ0n) is 15.0. The van der Waals surface area contributed by atoms with E-state index in [4.69, 9.17) is 4.42 Å². The van der Waals surface area contributed by atoms with Crippen molar-refractivity contribution in [3.63, 3.8) is 0 Å². The van der Waals surface area contributed by atoms with Gasteiger partial charge in [0.1, 0.15) is 12.0 Å². The molecule has 1 N–H and O–H groups in total. The summed E-state index contributed by atoms with van der Waals surface area (Å²) in [6, 6.07) is 18.2. The van der Waals surface area contributed by atoms with Crippen LogP contribution in [-0.2, 0) is 6.42 Å². The summed E-state index contributed by atoms with van der Waals surface area (Å²) in [4.78, 5) is 2.20. The van der Waals surface area contributed by atoms with Gasteiger partial charge in [-0.1, -0.05) is 42.5 Å². The Morgan fingerprint density at radius 2 is 1.73 bits per heavy atom. The molecule has 0 radical (unpaired) electrons. The van der Waals surface area contributed by atoms with E-state index in [0.717, 1.165) is 37.1 Å². The van der Waals surface area contributed by atoms with Crippen molar-refractivity contribution in [2.75, 3.05) is 18.5 Å². The summed E-state index contributed by atoms with van der Waals surface area (Å²) in [6.45, 7) is 0.803. The molecular weight excluding hydrogens is 322 g/mol. The maximum Gasteiger partial charge on any atom is 0.123 e. The molecular formula is C23H23NO2. The number of nitrogens with zero attached hydrogens (tertiary/aromatic N) is 1. The average Bonchev–Trinajstić information content (AvgIpc) is 3.13. The third-order valence-electron chi connectivity index (χ3n) is 5.11. The Hall–Kier alpha value is -2.94. The number of aromatic hydroxyl groups is 1. The highest BCUT2D eigenvalue weighted by atomic mass is 16.3. The number of hydrogen-bond donors (Lipinski definition) is 1. The Morgan fingerprint density at radius 1 is 0.962 bits per heavy atom. The number of likely N-dealkylation sites (N-methyl/N-ethyl adjacent to an activating group) is 1. The van der Waals surface area contributed by atoms with Gasteiger partial charge in [-0.3, -0.25) is 0 Å². The molecule has 0 bridgehead atoms. The van der Waals surface area contributed by atoms with E-state index in [1.165, 1.54) is 22.3 Å². The molecule has 1 heterocycles. The van der Waals surface area contributed by atoms with E-state index in [-0.39, 0.29) is 0 Å². The predicted octanol–water partition coefficient (Wildman–Crippen LogP) is 5.26. The molecule has 1 aliphatic carbocycles. The van der Waals surface area contributed by atoms with E-state index in [0.29, 0.717) is 5.75 Å². The van der Waals surface area contributed by atoms with Gasteiger partial charge >= 0.3 is 0 Å². The SMILES string of the molecule is CN(CC1=C(c2ccccc2O)c2ccccc2CCC1)c1ccoc1. The highest BCUT2D eigenvalue weighted by molar-refractivity contribution is 5.87. The molecule has 0 saturated carbocycles. The first-order chi connectivity index (χ1) is 12.7. The number of hydrogen-bond acceptors (Lipinski definition) is 3. The Morgan fingerprint density at radius 3 is 2.50 bits per heavy atom. The zero-order valence-corrected chi connectivity index (χ0v) is 15.0. The van der Waals surface area contributed by atoms with Gasteiger partial charge in [-0.25, -0.2) is 0 Å². The van der Waals surface area contributed by atoms with Crippen molar-refractivity contribution in [1.29, 1.82) is 0 Å². The summed E-state index contributed by atoms with van der Waals surface area (Å²) in [6.07, 6.45) is 6.66. The van der Waals surface area contributed by atoms with Crippen LogP contribution in [0.25, 0.3) is 5.57 Å². The van der Waals surface area contributed by atoms with E-state index in [9.17, 15) is 5.11 Å². The summed E-state index contributed by atoms with van der Waals surface area (Å²) in [5.74, 6) is 0.336. The molecule has 0 spiro atoms. The Kier molecular flexibility index (Phi) is 4.53. The molecule has 2 aromatic carbocycles. The second-order valence-corrected chi connectivity index (χ2v) is 6.84. The fourth-order valence-electron chi connectivity index (χ4n) is 3.82. The minimum Gasteiger partial charge on any atom is -0.507 e. The summed E-state index contributed by atoms with van der Waals surface area (Å²) in [7, 11) is 2.08. The van der Waals surface area contributed by atoms with Crippen LogP contribution >= 0.6 is 0 Å². The molecule has 1 aromatic heterocycles. The molecule has 0 aliphatic heterocycles. The van der Waals surface area contributed by atoms with Gasteiger partial charge in [0.05, 0.1) is 12.0 Å². The van der Waals surface area contributed by atoms with Crippen molar-refractivity contribution < 1.29 is 9.52 Å². The molecule has 1 aliphatic rings. The summed E-state index contributed by atoms with van der Waals surface area (Å²) in [5.41, 5.74) is 7.09. The molecule has 132 valence electrons. The number of anilines is 1. The van der Waals surface area contributed by atoms with Crippen molar-refractivity contribution >= 4 is 11.3 Å². The number of benzene rings is 2. The minimum atomic E-state index is 0.336. The van der Waals surface area contributed by atoms with E-state index in [1.54, 1.807) is 18.6 Å². The van der Waals surface area contributed by atoms with Gasteiger partial charge in [-0.05, 0) is 53.7 Å². The van der Waals surface area contributed by atoms with E-state index in [2.05, 4.69) is 36.2 Å². The third-order valence-corrected chi connectivity index (χ3v) is 5.11. The summed E-state index contributed by atoms with van der Waals surface area (Å²) < 4.78 is 5.24. The largest absolute Gasteiger partial charge is 0.507 e. The maximum atomic E-state index is 10.6. The Balaban J connectivity index is 1.86. The molecule has 26 heavy (non-hydrogen) atoms. The molecule has 0 unspecified atom stereocenters. The average molecular weight is 345 g/mol. The van der Waals surface area contributed by atoms with Gasteiger partial charge in [0, 0.05) is 19.2 Å². The lowest BCUT2D eigenvalue weighted by Gasteiger charge is -2.22. The molecule has 3 heteroatoms. The molecule has 0 fully saturated rings. The topological polar surface area (TPSA) is 36.6 Å². The lowest BCUT2D eigenvalue weighted by atomic mass is 9.90. The second kappa shape index (κ2) is 7.12. The Bertz CT molecular complexity index is 925. The normalized spacial score (nSPS) is 14.0. The number of para-hydroxylation sites is 1. The highest BCUT2D eigenvalue weighted by Gasteiger charge is 2.21. The monoisotopic (exact) mass is 345 g/mol. The zero-order chi connectivity index (χ0) is 17.9. The number of fused-ring (bicyclic) bond motifs is 1. The van der Waals surface area contributed by atoms with Crippen molar-refractivity contribution in [3.8, 4) is 5.75 Å². The first-order valence-corrected chi connectivity index (χ1v) is 9.06. The van der Waals surface area contributed by atoms with Crippen molar-refractivity contribution in [1.82, 2.24) is 0 Å². The standard InChI is InChI=1S/C23H23NO2/c1-24(19-13-14-26-16-19)15-18-9-6-8-17-7-2-3-10-20(17)23(18)21-11-4-5-12-22(21)25/h2-5,7,10-14,16,25H,6,8-9,15H2,1H3. The molecule has 0 amide bonds. The van der Waals surface area contributed by atoms with Crippen LogP contribution in [0.2, 0.25) is 0 Å². The Labute approximate surface area is 154 Å². The van der Waals surface area contributed by atoms with Crippen LogP contribution in [-0.4, -0.2) is 18.7 Å². The van der Waals surface area contributed by atoms with E-state index >= 15 is 0 Å². The highest BCUT2D eigenvalue weighted by Crippen LogP contribution is 2.39. The van der Waals surface area contributed by atoms with E-state index in [1.807, 2.05) is 24.3 Å². The third kappa shape index (κ3) is 3.13. The van der Waals surface area contributed by atoms with Crippen LogP contribution in [0, 0.1) is 0 Å². The van der Waals surface area contributed by atoms with E-state index < -0.39 is 0 Å². The number of phenolic OH excluding ortho intramolecular Hbond substituents is 1. The fourth-order valence-corrected chi connectivity index (χ4v) is 3.82. The minimum absolute atomic E-state index is 0.336. The fraction of sp³-hybridized carbons (Fsp3) is 0.217. The quantitative estimate of drug-likeness (QED) is 0.701. The lowest BCUT2D eigenvalue weighted by molar-refractivity contribution is 0.473. The van der Waals surface area contributed by atoms with Crippen LogP contribution in [0.5, 0.6) is 5.75 Å². The van der Waals surface area contributed by atoms with Crippen molar-refractivity contribution in [2.24, 2.45) is 0 Å². The summed E-state index contributed by atoms with van der Waals surface area (Å²) >= 11 is 0. The summed E-state index contributed by atoms with van der Waals surface area (Å²) in [5, 5.41) is 10.6. The van der Waals surface area contributed by atoms with Gasteiger partial charge < -0.3 is 14.4 Å². The lowest BCUT2D eigenvalue weighted by Crippen LogP contribution is -2.20. The van der Waals surface area contributed by atoms with Crippen LogP contribution in [0.1, 0.15) is 29.5 Å². The number of aryl methyl sites for hydroxylation is 1. The first-order valence-electron chi connectivity index (χ1n) is 9.06. The van der Waals surface area contributed by atoms with Gasteiger partial charge in [0.15, 0.2) is 0 Å². The van der Waals surface area contributed by atoms with Gasteiger partial charge in [-0.15, -0.1) is 0 Å². The van der Waals surface area contributed by atoms with Crippen molar-refractivity contribution in [2.45, 2.75) is 19.3 Å². The molecule has 3 nitrogen and oxygen atoms in total. The number of phenols is 1. The molecule has 4 rings (SSSR count). The van der Waals surface area contributed by atoms with Crippen LogP contribution in [0.15, 0.2) is 77.1 Å². The van der Waals surface area contributed by atoms with Crippen LogP contribution < -0.4 is 4.90 Å². The molecule has 0 atom stereocenters. The molecule has 3 aromatic rings. The van der Waals surface area contributed by atoms with Gasteiger partial charge in [-0.2, -0.15) is 0 Å². The van der Waals surface area contributed by atoms with Crippen LogP contribution in [0.4, 0.5) is 5.69 Å². The van der Waals surface area contributed by atoms with Gasteiger partial charge in [0.25, 0.3) is 0 Å². The number of rotatable bonds is 4.